The molecule has 0 saturated carbocycles. The maximum Gasteiger partial charge on any atom is 0.725 e. The molecule has 0 saturated heterocycles. The Labute approximate surface area is 178 Å². The lowest BCUT2D eigenvalue weighted by Gasteiger charge is -2.34. The lowest BCUT2D eigenvalue weighted by molar-refractivity contribution is 0.198. The lowest BCUT2D eigenvalue weighted by atomic mass is 10.0. The summed E-state index contributed by atoms with van der Waals surface area (Å²) in [6.45, 7) is 2.90. The molecule has 0 aliphatic carbocycles. The largest absolute Gasteiger partial charge is 0.725 e. The minimum absolute atomic E-state index is 0.0602. The van der Waals surface area contributed by atoms with Gasteiger partial charge in [-0.1, -0.05) is 12.1 Å². The van der Waals surface area contributed by atoms with E-state index in [-0.39, 0.29) is 11.5 Å². The molecule has 3 aromatic carbocycles. The Kier molecular flexibility index (Phi) is 4.54. The van der Waals surface area contributed by atoms with Crippen molar-refractivity contribution < 1.29 is 22.7 Å². The van der Waals surface area contributed by atoms with E-state index in [2.05, 4.69) is 17.6 Å². The SMILES string of the molecule is CC[N+]1=c2cc/c(=C3\C=C(c4ccc(OC)cc4)O[B-](F)(F)O3)cc2-c2ccccc21. The van der Waals surface area contributed by atoms with Crippen LogP contribution in [0.5, 0.6) is 5.75 Å². The van der Waals surface area contributed by atoms with Crippen molar-refractivity contribution in [1.29, 1.82) is 0 Å². The molecule has 0 aromatic heterocycles. The van der Waals surface area contributed by atoms with E-state index in [1.54, 1.807) is 31.4 Å². The third-order valence-electron chi connectivity index (χ3n) is 5.54. The second-order valence-corrected chi connectivity index (χ2v) is 7.37. The first kappa shape index (κ1) is 19.4. The van der Waals surface area contributed by atoms with Crippen molar-refractivity contribution >= 4 is 24.3 Å². The van der Waals surface area contributed by atoms with Gasteiger partial charge in [-0.25, -0.2) is 0 Å². The molecule has 4 nitrogen and oxygen atoms in total. The van der Waals surface area contributed by atoms with Crippen LogP contribution in [0.25, 0.3) is 22.6 Å². The Morgan fingerprint density at radius 3 is 2.45 bits per heavy atom. The Hall–Kier alpha value is -3.61. The second-order valence-electron chi connectivity index (χ2n) is 7.37. The van der Waals surface area contributed by atoms with Gasteiger partial charge in [0.25, 0.3) is 0 Å². The highest BCUT2D eigenvalue weighted by Crippen LogP contribution is 2.33. The molecule has 0 spiro atoms. The zero-order chi connectivity index (χ0) is 21.6. The summed E-state index contributed by atoms with van der Waals surface area (Å²) in [5.41, 5.74) is 3.70. The summed E-state index contributed by atoms with van der Waals surface area (Å²) in [5.74, 6) is 0.776. The van der Waals surface area contributed by atoms with Gasteiger partial charge in [0.05, 0.1) is 29.8 Å². The number of fused-ring (bicyclic) bond motifs is 3. The van der Waals surface area contributed by atoms with Crippen LogP contribution in [0.3, 0.4) is 0 Å². The first-order valence-electron chi connectivity index (χ1n) is 10.1. The van der Waals surface area contributed by atoms with Gasteiger partial charge in [-0.15, -0.1) is 0 Å². The lowest BCUT2D eigenvalue weighted by Crippen LogP contribution is -2.35. The van der Waals surface area contributed by atoms with E-state index in [1.165, 1.54) is 6.08 Å². The first-order valence-corrected chi connectivity index (χ1v) is 10.1. The summed E-state index contributed by atoms with van der Waals surface area (Å²) in [7, 11) is -2.94. The zero-order valence-corrected chi connectivity index (χ0v) is 17.1. The van der Waals surface area contributed by atoms with Crippen LogP contribution in [-0.2, 0) is 9.31 Å². The van der Waals surface area contributed by atoms with Gasteiger partial charge in [-0.2, -0.15) is 4.58 Å². The second kappa shape index (κ2) is 7.27. The predicted octanol–water partition coefficient (Wildman–Crippen LogP) is 4.09. The predicted molar refractivity (Wildman–Crippen MR) is 117 cm³/mol. The molecular formula is C24H20BF2NO3. The summed E-state index contributed by atoms with van der Waals surface area (Å²) in [6, 6.07) is 20.5. The van der Waals surface area contributed by atoms with E-state index in [4.69, 9.17) is 14.0 Å². The minimum atomic E-state index is -4.49. The number of benzene rings is 3. The fourth-order valence-electron chi connectivity index (χ4n) is 4.11. The van der Waals surface area contributed by atoms with Gasteiger partial charge in [0.15, 0.2) is 0 Å². The van der Waals surface area contributed by atoms with Gasteiger partial charge < -0.3 is 22.7 Å². The summed E-state index contributed by atoms with van der Waals surface area (Å²) in [6.07, 6.45) is 1.52. The number of ether oxygens (including phenoxy) is 1. The van der Waals surface area contributed by atoms with Gasteiger partial charge >= 0.3 is 7.11 Å². The highest BCUT2D eigenvalue weighted by atomic mass is 19.3. The molecule has 2 aliphatic rings. The van der Waals surface area contributed by atoms with Crippen LogP contribution in [0.1, 0.15) is 12.5 Å². The molecule has 0 bridgehead atoms. The van der Waals surface area contributed by atoms with E-state index in [9.17, 15) is 8.63 Å². The Morgan fingerprint density at radius 1 is 0.935 bits per heavy atom. The zero-order valence-electron chi connectivity index (χ0n) is 17.1. The van der Waals surface area contributed by atoms with Crippen LogP contribution >= 0.6 is 0 Å². The standard InChI is InChI=1S/C24H20BF2NO3/c1-3-28-21-7-5-4-6-19(21)20-14-17(10-13-22(20)28)24-15-23(30-25(26,27)31-24)16-8-11-18(29-2)12-9-16/h4-15H,3H2,1-2H3/b24-17-. The van der Waals surface area contributed by atoms with E-state index in [1.807, 2.05) is 36.4 Å². The fourth-order valence-corrected chi connectivity index (χ4v) is 4.11. The van der Waals surface area contributed by atoms with Crippen LogP contribution in [0.2, 0.25) is 0 Å². The number of hydrogen-bond donors (Lipinski definition) is 0. The van der Waals surface area contributed by atoms with E-state index >= 15 is 0 Å². The molecule has 5 rings (SSSR count). The summed E-state index contributed by atoms with van der Waals surface area (Å²) in [5, 5.41) is 1.62. The normalized spacial score (nSPS) is 17.8. The Bertz CT molecular complexity index is 1330. The molecule has 2 heterocycles. The van der Waals surface area contributed by atoms with Crippen LogP contribution in [0.4, 0.5) is 14.3 Å². The van der Waals surface area contributed by atoms with Crippen LogP contribution < -0.4 is 19.9 Å². The minimum Gasteiger partial charge on any atom is -0.627 e. The Morgan fingerprint density at radius 2 is 1.71 bits per heavy atom. The van der Waals surface area contributed by atoms with Gasteiger partial charge in [0.1, 0.15) is 12.3 Å². The first-order chi connectivity index (χ1) is 15.0. The molecule has 0 N–H and O–H groups in total. The molecule has 0 atom stereocenters. The summed E-state index contributed by atoms with van der Waals surface area (Å²) < 4.78 is 45.9. The summed E-state index contributed by atoms with van der Waals surface area (Å²) >= 11 is 0. The molecule has 0 amide bonds. The monoisotopic (exact) mass is 419 g/mol. The topological polar surface area (TPSA) is 30.7 Å². The van der Waals surface area contributed by atoms with Crippen molar-refractivity contribution in [2.75, 3.05) is 13.7 Å². The highest BCUT2D eigenvalue weighted by molar-refractivity contribution is 6.54. The third kappa shape index (κ3) is 3.36. The van der Waals surface area contributed by atoms with Crippen molar-refractivity contribution in [1.82, 2.24) is 4.58 Å². The number of hydrogen-bond acceptors (Lipinski definition) is 3. The van der Waals surface area contributed by atoms with Crippen LogP contribution in [0.15, 0.2) is 72.8 Å². The van der Waals surface area contributed by atoms with Crippen LogP contribution in [0, 0.1) is 0 Å². The number of halogens is 2. The number of methoxy groups -OCH3 is 1. The van der Waals surface area contributed by atoms with Crippen molar-refractivity contribution in [2.24, 2.45) is 0 Å². The number of para-hydroxylation sites is 1. The average molecular weight is 419 g/mol. The average Bonchev–Trinajstić information content (AvgIpc) is 3.11. The van der Waals surface area contributed by atoms with Crippen LogP contribution in [-0.4, -0.2) is 20.8 Å². The summed E-state index contributed by atoms with van der Waals surface area (Å²) in [4.78, 5) is 0. The van der Waals surface area contributed by atoms with Gasteiger partial charge in [0.2, 0.25) is 11.0 Å². The van der Waals surface area contributed by atoms with Crippen molar-refractivity contribution in [3.63, 3.8) is 0 Å². The Balaban J connectivity index is 1.68. The molecule has 0 unspecified atom stereocenters. The van der Waals surface area contributed by atoms with Gasteiger partial charge in [0, 0.05) is 29.0 Å². The molecular weight excluding hydrogens is 399 g/mol. The molecule has 0 radical (unpaired) electrons. The number of rotatable bonds is 3. The molecule has 3 aromatic rings. The smallest absolute Gasteiger partial charge is 0.627 e. The van der Waals surface area contributed by atoms with E-state index in [0.717, 1.165) is 28.7 Å². The maximum atomic E-state index is 14.4. The number of nitrogens with zero attached hydrogens (tertiary/aromatic N) is 1. The van der Waals surface area contributed by atoms with E-state index in [0.29, 0.717) is 16.5 Å². The molecule has 7 heteroatoms. The molecule has 2 aliphatic heterocycles. The van der Waals surface area contributed by atoms with Crippen molar-refractivity contribution in [2.45, 2.75) is 6.92 Å². The quantitative estimate of drug-likeness (QED) is 0.474. The van der Waals surface area contributed by atoms with Gasteiger partial charge in [-0.3, -0.25) is 0 Å². The molecule has 0 fully saturated rings. The van der Waals surface area contributed by atoms with Crippen molar-refractivity contribution in [3.05, 3.63) is 88.9 Å². The van der Waals surface area contributed by atoms with Crippen molar-refractivity contribution in [3.8, 4) is 16.9 Å². The molecule has 31 heavy (non-hydrogen) atoms. The molecule has 156 valence electrons. The third-order valence-corrected chi connectivity index (χ3v) is 5.54. The fraction of sp³-hybridized carbons (Fsp3) is 0.125. The maximum absolute atomic E-state index is 14.4. The van der Waals surface area contributed by atoms with Gasteiger partial charge in [-0.05, 0) is 49.4 Å². The van der Waals surface area contributed by atoms with E-state index < -0.39 is 7.11 Å². The highest BCUT2D eigenvalue weighted by Gasteiger charge is 2.38.